The van der Waals surface area contributed by atoms with Gasteiger partial charge in [0.1, 0.15) is 17.1 Å². The van der Waals surface area contributed by atoms with Crippen LogP contribution in [0.4, 0.5) is 0 Å². The Balaban J connectivity index is 2.64. The van der Waals surface area contributed by atoms with Gasteiger partial charge in [-0.3, -0.25) is 0 Å². The van der Waals surface area contributed by atoms with E-state index in [-0.39, 0.29) is 5.97 Å². The maximum atomic E-state index is 11.2. The van der Waals surface area contributed by atoms with Crippen molar-refractivity contribution >= 4 is 5.97 Å². The third kappa shape index (κ3) is 3.07. The van der Waals surface area contributed by atoms with Crippen molar-refractivity contribution in [2.45, 2.75) is 20.4 Å². The summed E-state index contributed by atoms with van der Waals surface area (Å²) in [5.41, 5.74) is 3.15. The first-order chi connectivity index (χ1) is 7.19. The van der Waals surface area contributed by atoms with E-state index in [9.17, 15) is 4.79 Å². The van der Waals surface area contributed by atoms with Crippen LogP contribution in [0.3, 0.4) is 0 Å². The lowest BCUT2D eigenvalue weighted by molar-refractivity contribution is 0.0424. The minimum absolute atomic E-state index is 0.390. The molecule has 0 aliphatic rings. The number of esters is 1. The van der Waals surface area contributed by atoms with Crippen LogP contribution in [0.2, 0.25) is 0 Å². The van der Waals surface area contributed by atoms with E-state index in [4.69, 9.17) is 9.25 Å². The van der Waals surface area contributed by atoms with Crippen molar-refractivity contribution in [3.63, 3.8) is 0 Å². The molecule has 0 spiro atoms. The van der Waals surface area contributed by atoms with Gasteiger partial charge >= 0.3 is 5.97 Å². The zero-order valence-electron chi connectivity index (χ0n) is 9.12. The molecule has 1 heterocycles. The van der Waals surface area contributed by atoms with Gasteiger partial charge in [-0.15, -0.1) is 0 Å². The highest BCUT2D eigenvalue weighted by Gasteiger charge is 2.14. The molecule has 15 heavy (non-hydrogen) atoms. The minimum Gasteiger partial charge on any atom is -0.465 e. The standard InChI is InChI=1S/C10H15NO4/c1-4-14-11-6-8-5-9(7(2)15-8)10(12)13-3/h5,11H,4,6H2,1-3H3. The van der Waals surface area contributed by atoms with Crippen LogP contribution in [-0.4, -0.2) is 19.7 Å². The smallest absolute Gasteiger partial charge is 0.341 e. The molecule has 0 unspecified atom stereocenters. The second-order valence-electron chi connectivity index (χ2n) is 2.93. The summed E-state index contributed by atoms with van der Waals surface area (Å²) in [7, 11) is 1.34. The van der Waals surface area contributed by atoms with Crippen LogP contribution < -0.4 is 5.48 Å². The number of furan rings is 1. The Morgan fingerprint density at radius 2 is 2.33 bits per heavy atom. The largest absolute Gasteiger partial charge is 0.465 e. The van der Waals surface area contributed by atoms with Gasteiger partial charge in [-0.25, -0.2) is 4.79 Å². The molecule has 0 saturated carbocycles. The first-order valence-corrected chi connectivity index (χ1v) is 4.71. The van der Waals surface area contributed by atoms with E-state index in [1.54, 1.807) is 13.0 Å². The van der Waals surface area contributed by atoms with Crippen molar-refractivity contribution in [1.29, 1.82) is 0 Å². The van der Waals surface area contributed by atoms with E-state index in [1.807, 2.05) is 6.92 Å². The molecular weight excluding hydrogens is 198 g/mol. The Kier molecular flexibility index (Phi) is 4.33. The average Bonchev–Trinajstić information content (AvgIpc) is 2.59. The van der Waals surface area contributed by atoms with Gasteiger partial charge in [0.25, 0.3) is 0 Å². The molecule has 5 nitrogen and oxygen atoms in total. The summed E-state index contributed by atoms with van der Waals surface area (Å²) in [4.78, 5) is 16.2. The highest BCUT2D eigenvalue weighted by atomic mass is 16.6. The first-order valence-electron chi connectivity index (χ1n) is 4.71. The summed E-state index contributed by atoms with van der Waals surface area (Å²) < 4.78 is 9.95. The van der Waals surface area contributed by atoms with Gasteiger partial charge in [-0.1, -0.05) is 0 Å². The molecule has 0 aliphatic heterocycles. The lowest BCUT2D eigenvalue weighted by Crippen LogP contribution is -2.12. The average molecular weight is 213 g/mol. The zero-order chi connectivity index (χ0) is 11.3. The number of hydrogen-bond acceptors (Lipinski definition) is 5. The molecule has 0 atom stereocenters. The van der Waals surface area contributed by atoms with E-state index in [0.717, 1.165) is 0 Å². The fourth-order valence-electron chi connectivity index (χ4n) is 1.17. The Hall–Kier alpha value is -1.33. The number of carbonyl (C=O) groups excluding carboxylic acids is 1. The van der Waals surface area contributed by atoms with Gasteiger partial charge in [0, 0.05) is 0 Å². The van der Waals surface area contributed by atoms with Crippen LogP contribution in [0.5, 0.6) is 0 Å². The SMILES string of the molecule is CCONCc1cc(C(=O)OC)c(C)o1. The van der Waals surface area contributed by atoms with Crippen molar-refractivity contribution in [1.82, 2.24) is 5.48 Å². The Morgan fingerprint density at radius 3 is 2.93 bits per heavy atom. The van der Waals surface area contributed by atoms with Crippen molar-refractivity contribution in [3.8, 4) is 0 Å². The highest BCUT2D eigenvalue weighted by molar-refractivity contribution is 5.90. The van der Waals surface area contributed by atoms with E-state index >= 15 is 0 Å². The van der Waals surface area contributed by atoms with E-state index in [1.165, 1.54) is 7.11 Å². The molecule has 1 aromatic heterocycles. The molecule has 0 aliphatic carbocycles. The number of ether oxygens (including phenoxy) is 1. The molecular formula is C10H15NO4. The molecule has 84 valence electrons. The van der Waals surface area contributed by atoms with Gasteiger partial charge < -0.3 is 14.0 Å². The Labute approximate surface area is 88.3 Å². The molecule has 0 fully saturated rings. The van der Waals surface area contributed by atoms with Crippen molar-refractivity contribution in [2.24, 2.45) is 0 Å². The van der Waals surface area contributed by atoms with E-state index < -0.39 is 0 Å². The summed E-state index contributed by atoms with van der Waals surface area (Å²) in [5.74, 6) is 0.801. The third-order valence-corrected chi connectivity index (χ3v) is 1.87. The molecule has 1 rings (SSSR count). The fourth-order valence-corrected chi connectivity index (χ4v) is 1.17. The minimum atomic E-state index is -0.390. The zero-order valence-corrected chi connectivity index (χ0v) is 9.12. The molecule has 0 bridgehead atoms. The quantitative estimate of drug-likeness (QED) is 0.455. The summed E-state index contributed by atoms with van der Waals surface area (Å²) >= 11 is 0. The number of aryl methyl sites for hydroxylation is 1. The third-order valence-electron chi connectivity index (χ3n) is 1.87. The van der Waals surface area contributed by atoms with Crippen molar-refractivity contribution in [2.75, 3.05) is 13.7 Å². The van der Waals surface area contributed by atoms with Crippen LogP contribution in [0.25, 0.3) is 0 Å². The molecule has 1 aromatic rings. The van der Waals surface area contributed by atoms with Crippen LogP contribution in [-0.2, 0) is 16.1 Å². The van der Waals surface area contributed by atoms with Crippen molar-refractivity contribution in [3.05, 3.63) is 23.2 Å². The van der Waals surface area contributed by atoms with Gasteiger partial charge in [-0.05, 0) is 19.9 Å². The van der Waals surface area contributed by atoms with Gasteiger partial charge in [-0.2, -0.15) is 5.48 Å². The lowest BCUT2D eigenvalue weighted by atomic mass is 10.2. The van der Waals surface area contributed by atoms with Crippen LogP contribution >= 0.6 is 0 Å². The predicted octanol–water partition coefficient (Wildman–Crippen LogP) is 1.42. The first kappa shape index (κ1) is 11.7. The number of rotatable bonds is 5. The number of nitrogens with one attached hydrogen (secondary N) is 1. The fraction of sp³-hybridized carbons (Fsp3) is 0.500. The molecule has 5 heteroatoms. The second kappa shape index (κ2) is 5.53. The normalized spacial score (nSPS) is 10.3. The summed E-state index contributed by atoms with van der Waals surface area (Å²) in [5, 5.41) is 0. The van der Waals surface area contributed by atoms with Crippen LogP contribution in [0.1, 0.15) is 28.8 Å². The highest BCUT2D eigenvalue weighted by Crippen LogP contribution is 2.15. The second-order valence-corrected chi connectivity index (χ2v) is 2.93. The molecule has 0 aromatic carbocycles. The lowest BCUT2D eigenvalue weighted by Gasteiger charge is -1.99. The molecule has 0 saturated heterocycles. The van der Waals surface area contributed by atoms with Gasteiger partial charge in [0.05, 0.1) is 20.3 Å². The molecule has 0 radical (unpaired) electrons. The number of carbonyl (C=O) groups is 1. The number of hydroxylamine groups is 1. The Bertz CT molecular complexity index is 332. The maximum absolute atomic E-state index is 11.2. The van der Waals surface area contributed by atoms with Crippen LogP contribution in [0, 0.1) is 6.92 Å². The van der Waals surface area contributed by atoms with Crippen LogP contribution in [0.15, 0.2) is 10.5 Å². The summed E-state index contributed by atoms with van der Waals surface area (Å²) in [6.45, 7) is 4.59. The van der Waals surface area contributed by atoms with Gasteiger partial charge in [0.15, 0.2) is 0 Å². The van der Waals surface area contributed by atoms with Crippen molar-refractivity contribution < 1.29 is 18.8 Å². The Morgan fingerprint density at radius 1 is 1.60 bits per heavy atom. The number of hydrogen-bond donors (Lipinski definition) is 1. The predicted molar refractivity (Wildman–Crippen MR) is 53.3 cm³/mol. The van der Waals surface area contributed by atoms with Gasteiger partial charge in [0.2, 0.25) is 0 Å². The maximum Gasteiger partial charge on any atom is 0.341 e. The van der Waals surface area contributed by atoms with E-state index in [2.05, 4.69) is 10.2 Å². The molecule has 0 amide bonds. The monoisotopic (exact) mass is 213 g/mol. The summed E-state index contributed by atoms with van der Waals surface area (Å²) in [6.07, 6.45) is 0. The van der Waals surface area contributed by atoms with E-state index in [0.29, 0.717) is 30.2 Å². The summed E-state index contributed by atoms with van der Waals surface area (Å²) in [6, 6.07) is 1.65. The topological polar surface area (TPSA) is 60.7 Å². The number of methoxy groups -OCH3 is 1. The molecule has 1 N–H and O–H groups in total.